The molecule has 1 rings (SSSR count). The highest BCUT2D eigenvalue weighted by atomic mass is 32.1. The molecule has 0 aliphatic carbocycles. The molecular weight excluding hydrogens is 328 g/mol. The first kappa shape index (κ1) is 20.2. The van der Waals surface area contributed by atoms with Gasteiger partial charge in [0, 0.05) is 23.9 Å². The molecular formula is C17H26N2O4S. The summed E-state index contributed by atoms with van der Waals surface area (Å²) >= 11 is 1.45. The number of hydrogen-bond acceptors (Lipinski definition) is 4. The Hall–Kier alpha value is -1.89. The lowest BCUT2D eigenvalue weighted by Gasteiger charge is -2.21. The molecule has 0 spiro atoms. The maximum absolute atomic E-state index is 11.9. The molecule has 2 amide bonds. The first-order valence-electron chi connectivity index (χ1n) is 8.01. The highest BCUT2D eigenvalue weighted by Crippen LogP contribution is 2.21. The highest BCUT2D eigenvalue weighted by molar-refractivity contribution is 7.08. The lowest BCUT2D eigenvalue weighted by atomic mass is 9.88. The predicted molar refractivity (Wildman–Crippen MR) is 94.1 cm³/mol. The monoisotopic (exact) mass is 354 g/mol. The molecule has 1 heterocycles. The van der Waals surface area contributed by atoms with Gasteiger partial charge in [-0.05, 0) is 36.1 Å². The van der Waals surface area contributed by atoms with Gasteiger partial charge < -0.3 is 15.7 Å². The van der Waals surface area contributed by atoms with Crippen molar-refractivity contribution in [1.29, 1.82) is 0 Å². The van der Waals surface area contributed by atoms with E-state index in [1.807, 2.05) is 26.2 Å². The zero-order valence-electron chi connectivity index (χ0n) is 14.4. The molecule has 7 heteroatoms. The van der Waals surface area contributed by atoms with E-state index in [-0.39, 0.29) is 23.7 Å². The molecule has 0 saturated heterocycles. The summed E-state index contributed by atoms with van der Waals surface area (Å²) < 4.78 is 0. The molecule has 1 aromatic heterocycles. The minimum Gasteiger partial charge on any atom is -0.480 e. The van der Waals surface area contributed by atoms with Crippen molar-refractivity contribution >= 4 is 29.1 Å². The fraction of sp³-hybridized carbons (Fsp3) is 0.588. The van der Waals surface area contributed by atoms with Crippen LogP contribution in [0.15, 0.2) is 16.8 Å². The molecule has 0 saturated carbocycles. The molecule has 6 nitrogen and oxygen atoms in total. The van der Waals surface area contributed by atoms with Crippen LogP contribution in [-0.2, 0) is 9.59 Å². The molecule has 0 fully saturated rings. The molecule has 24 heavy (non-hydrogen) atoms. The quantitative estimate of drug-likeness (QED) is 0.594. The Balaban J connectivity index is 2.28. The van der Waals surface area contributed by atoms with Crippen molar-refractivity contribution in [3.05, 3.63) is 22.4 Å². The Labute approximate surface area is 146 Å². The number of carboxylic acids is 1. The first-order valence-corrected chi connectivity index (χ1v) is 8.96. The van der Waals surface area contributed by atoms with Crippen molar-refractivity contribution in [1.82, 2.24) is 10.6 Å². The Morgan fingerprint density at radius 1 is 1.29 bits per heavy atom. The second-order valence-corrected chi connectivity index (χ2v) is 7.71. The largest absolute Gasteiger partial charge is 0.480 e. The van der Waals surface area contributed by atoms with E-state index in [0.717, 1.165) is 0 Å². The number of aliphatic carboxylic acids is 1. The van der Waals surface area contributed by atoms with Crippen LogP contribution >= 0.6 is 11.3 Å². The number of carbonyl (C=O) groups excluding carboxylic acids is 2. The summed E-state index contributed by atoms with van der Waals surface area (Å²) in [6, 6.07) is 0.872. The third-order valence-electron chi connectivity index (χ3n) is 3.47. The standard InChI is InChI=1S/C17H26N2O4S/c1-17(2,3)8-6-13(16(22)23)19-14(20)5-4-9-18-15(21)12-7-10-24-11-12/h7,10-11,13H,4-6,8-9H2,1-3H3,(H,18,21)(H,19,20)(H,22,23). The predicted octanol–water partition coefficient (Wildman–Crippen LogP) is 2.65. The van der Waals surface area contributed by atoms with E-state index < -0.39 is 12.0 Å². The zero-order chi connectivity index (χ0) is 18.2. The summed E-state index contributed by atoms with van der Waals surface area (Å²) in [7, 11) is 0. The van der Waals surface area contributed by atoms with Gasteiger partial charge in [0.2, 0.25) is 5.91 Å². The summed E-state index contributed by atoms with van der Waals surface area (Å²) in [6.07, 6.45) is 1.76. The number of amides is 2. The van der Waals surface area contributed by atoms with Gasteiger partial charge >= 0.3 is 5.97 Å². The van der Waals surface area contributed by atoms with Crippen LogP contribution in [0.5, 0.6) is 0 Å². The van der Waals surface area contributed by atoms with E-state index in [1.165, 1.54) is 11.3 Å². The minimum absolute atomic E-state index is 0.0182. The van der Waals surface area contributed by atoms with Gasteiger partial charge in [0.25, 0.3) is 5.91 Å². The average molecular weight is 354 g/mol. The zero-order valence-corrected chi connectivity index (χ0v) is 15.2. The molecule has 134 valence electrons. The van der Waals surface area contributed by atoms with E-state index >= 15 is 0 Å². The lowest BCUT2D eigenvalue weighted by molar-refractivity contribution is -0.142. The van der Waals surface area contributed by atoms with Gasteiger partial charge in [-0.25, -0.2) is 4.79 Å². The van der Waals surface area contributed by atoms with Gasteiger partial charge in [-0.2, -0.15) is 11.3 Å². The molecule has 1 unspecified atom stereocenters. The number of rotatable bonds is 9. The summed E-state index contributed by atoms with van der Waals surface area (Å²) in [5, 5.41) is 18.1. The molecule has 3 N–H and O–H groups in total. The Morgan fingerprint density at radius 3 is 2.54 bits per heavy atom. The summed E-state index contributed by atoms with van der Waals surface area (Å²) in [6.45, 7) is 6.47. The van der Waals surface area contributed by atoms with Crippen LogP contribution in [-0.4, -0.2) is 35.5 Å². The van der Waals surface area contributed by atoms with Crippen LogP contribution < -0.4 is 10.6 Å². The fourth-order valence-corrected chi connectivity index (χ4v) is 2.68. The van der Waals surface area contributed by atoms with Gasteiger partial charge in [-0.3, -0.25) is 9.59 Å². The van der Waals surface area contributed by atoms with E-state index in [2.05, 4.69) is 10.6 Å². The van der Waals surface area contributed by atoms with Crippen LogP contribution in [0.2, 0.25) is 0 Å². The first-order chi connectivity index (χ1) is 11.2. The minimum atomic E-state index is -1.02. The molecule has 1 atom stereocenters. The average Bonchev–Trinajstić information content (AvgIpc) is 3.00. The number of carbonyl (C=O) groups is 3. The topological polar surface area (TPSA) is 95.5 Å². The molecule has 0 aliphatic heterocycles. The van der Waals surface area contributed by atoms with Gasteiger partial charge in [0.05, 0.1) is 0 Å². The van der Waals surface area contributed by atoms with Crippen molar-refractivity contribution in [2.24, 2.45) is 5.41 Å². The van der Waals surface area contributed by atoms with Crippen molar-refractivity contribution in [2.75, 3.05) is 6.54 Å². The molecule has 0 aliphatic rings. The van der Waals surface area contributed by atoms with Crippen molar-refractivity contribution in [2.45, 2.75) is 52.5 Å². The third-order valence-corrected chi connectivity index (χ3v) is 4.15. The van der Waals surface area contributed by atoms with E-state index in [4.69, 9.17) is 0 Å². The maximum Gasteiger partial charge on any atom is 0.326 e. The fourth-order valence-electron chi connectivity index (χ4n) is 2.05. The Morgan fingerprint density at radius 2 is 2.00 bits per heavy atom. The normalized spacial score (nSPS) is 12.5. The van der Waals surface area contributed by atoms with Crippen molar-refractivity contribution in [3.8, 4) is 0 Å². The Bertz CT molecular complexity index is 549. The molecule has 0 aromatic carbocycles. The van der Waals surface area contributed by atoms with Gasteiger partial charge in [-0.15, -0.1) is 0 Å². The highest BCUT2D eigenvalue weighted by Gasteiger charge is 2.22. The third kappa shape index (κ3) is 8.10. The maximum atomic E-state index is 11.9. The van der Waals surface area contributed by atoms with Crippen molar-refractivity contribution in [3.63, 3.8) is 0 Å². The SMILES string of the molecule is CC(C)(C)CCC(NC(=O)CCCNC(=O)c1ccsc1)C(=O)O. The summed E-state index contributed by atoms with van der Waals surface area (Å²) in [5.74, 6) is -1.48. The van der Waals surface area contributed by atoms with Crippen LogP contribution in [0.25, 0.3) is 0 Å². The van der Waals surface area contributed by atoms with Gasteiger partial charge in [0.15, 0.2) is 0 Å². The van der Waals surface area contributed by atoms with Crippen LogP contribution in [0.4, 0.5) is 0 Å². The van der Waals surface area contributed by atoms with Crippen LogP contribution in [0.3, 0.4) is 0 Å². The van der Waals surface area contributed by atoms with E-state index in [9.17, 15) is 19.5 Å². The molecule has 0 radical (unpaired) electrons. The van der Waals surface area contributed by atoms with E-state index in [0.29, 0.717) is 31.4 Å². The smallest absolute Gasteiger partial charge is 0.326 e. The number of hydrogen-bond donors (Lipinski definition) is 3. The number of carboxylic acid groups (broad SMARTS) is 1. The molecule has 0 bridgehead atoms. The van der Waals surface area contributed by atoms with Crippen LogP contribution in [0, 0.1) is 5.41 Å². The van der Waals surface area contributed by atoms with Crippen molar-refractivity contribution < 1.29 is 19.5 Å². The second kappa shape index (κ2) is 9.42. The van der Waals surface area contributed by atoms with Gasteiger partial charge in [-0.1, -0.05) is 20.8 Å². The van der Waals surface area contributed by atoms with Gasteiger partial charge in [0.1, 0.15) is 6.04 Å². The summed E-state index contributed by atoms with van der Waals surface area (Å²) in [5.41, 5.74) is 0.627. The lowest BCUT2D eigenvalue weighted by Crippen LogP contribution is -2.41. The Kier molecular flexibility index (Phi) is 7.91. The van der Waals surface area contributed by atoms with E-state index in [1.54, 1.807) is 11.4 Å². The number of nitrogens with one attached hydrogen (secondary N) is 2. The second-order valence-electron chi connectivity index (χ2n) is 6.93. The molecule has 1 aromatic rings. The number of thiophene rings is 1. The van der Waals surface area contributed by atoms with Crippen LogP contribution in [0.1, 0.15) is 56.8 Å². The summed E-state index contributed by atoms with van der Waals surface area (Å²) in [4.78, 5) is 34.8.